The minimum Gasteiger partial charge on any atom is -0.421 e. The molecule has 0 radical (unpaired) electrons. The number of aromatic nitrogens is 3. The average Bonchev–Trinajstić information content (AvgIpc) is 3.13. The molecular weight excluding hydrogens is 411 g/mol. The van der Waals surface area contributed by atoms with E-state index >= 15 is 0 Å². The molecule has 0 bridgehead atoms. The van der Waals surface area contributed by atoms with E-state index in [1.807, 2.05) is 0 Å². The first-order chi connectivity index (χ1) is 14.5. The van der Waals surface area contributed by atoms with Crippen LogP contribution >= 0.6 is 11.6 Å². The van der Waals surface area contributed by atoms with Crippen molar-refractivity contribution in [3.8, 4) is 23.0 Å². The highest BCUT2D eigenvalue weighted by atomic mass is 35.5. The van der Waals surface area contributed by atoms with Gasteiger partial charge in [0.1, 0.15) is 17.0 Å². The van der Waals surface area contributed by atoms with Gasteiger partial charge in [-0.3, -0.25) is 4.79 Å². The number of carbonyl (C=O) groups is 1. The van der Waals surface area contributed by atoms with Crippen LogP contribution in [0.4, 0.5) is 10.1 Å². The second-order valence-electron chi connectivity index (χ2n) is 6.18. The van der Waals surface area contributed by atoms with Gasteiger partial charge in [0.15, 0.2) is 11.6 Å². The predicted molar refractivity (Wildman–Crippen MR) is 108 cm³/mol. The quantitative estimate of drug-likeness (QED) is 0.469. The summed E-state index contributed by atoms with van der Waals surface area (Å²) in [6, 6.07) is 12.8. The number of ether oxygens (including phenoxy) is 1. The molecule has 1 amide bonds. The second-order valence-corrected chi connectivity index (χ2v) is 6.59. The van der Waals surface area contributed by atoms with Crippen molar-refractivity contribution in [3.05, 3.63) is 83.1 Å². The first-order valence-corrected chi connectivity index (χ1v) is 9.17. The molecule has 0 fully saturated rings. The molecule has 7 nitrogen and oxygen atoms in total. The summed E-state index contributed by atoms with van der Waals surface area (Å²) in [5.74, 6) is -0.662. The molecule has 0 aliphatic carbocycles. The van der Waals surface area contributed by atoms with Gasteiger partial charge in [-0.2, -0.15) is 0 Å². The standard InChI is InChI=1S/C21H14ClFN4O3/c1-12-18(19(27-30-12)14-6-2-3-7-15(14)22)20(28)26-13-10-24-21(25-11-13)29-17-9-5-4-8-16(17)23/h2-11H,1H3,(H,26,28). The molecule has 0 aliphatic rings. The number of para-hydroxylation sites is 1. The highest BCUT2D eigenvalue weighted by Gasteiger charge is 2.23. The Labute approximate surface area is 175 Å². The topological polar surface area (TPSA) is 90.1 Å². The maximum Gasteiger partial charge on any atom is 0.322 e. The summed E-state index contributed by atoms with van der Waals surface area (Å²) in [7, 11) is 0. The van der Waals surface area contributed by atoms with Gasteiger partial charge in [-0.25, -0.2) is 14.4 Å². The second kappa shape index (κ2) is 8.30. The number of benzene rings is 2. The lowest BCUT2D eigenvalue weighted by Gasteiger charge is -2.07. The fraction of sp³-hybridized carbons (Fsp3) is 0.0476. The molecule has 2 heterocycles. The van der Waals surface area contributed by atoms with E-state index in [4.69, 9.17) is 20.9 Å². The Hall–Kier alpha value is -3.78. The van der Waals surface area contributed by atoms with E-state index in [-0.39, 0.29) is 17.3 Å². The van der Waals surface area contributed by atoms with E-state index in [9.17, 15) is 9.18 Å². The maximum absolute atomic E-state index is 13.7. The van der Waals surface area contributed by atoms with Gasteiger partial charge < -0.3 is 14.6 Å². The summed E-state index contributed by atoms with van der Waals surface area (Å²) in [5.41, 5.74) is 1.46. The van der Waals surface area contributed by atoms with Crippen LogP contribution in [0.5, 0.6) is 11.8 Å². The van der Waals surface area contributed by atoms with Gasteiger partial charge in [0.25, 0.3) is 5.91 Å². The third-order valence-corrected chi connectivity index (χ3v) is 4.47. The summed E-state index contributed by atoms with van der Waals surface area (Å²) in [4.78, 5) is 20.8. The highest BCUT2D eigenvalue weighted by molar-refractivity contribution is 6.33. The third-order valence-electron chi connectivity index (χ3n) is 4.14. The minimum absolute atomic E-state index is 0.00114. The molecule has 9 heteroatoms. The van der Waals surface area contributed by atoms with Gasteiger partial charge in [0.05, 0.1) is 23.1 Å². The Morgan fingerprint density at radius 1 is 1.10 bits per heavy atom. The van der Waals surface area contributed by atoms with E-state index in [0.29, 0.717) is 27.7 Å². The number of aryl methyl sites for hydroxylation is 1. The Morgan fingerprint density at radius 2 is 1.80 bits per heavy atom. The van der Waals surface area contributed by atoms with Crippen molar-refractivity contribution in [1.29, 1.82) is 0 Å². The zero-order valence-electron chi connectivity index (χ0n) is 15.6. The normalized spacial score (nSPS) is 10.6. The fourth-order valence-corrected chi connectivity index (χ4v) is 2.95. The Balaban J connectivity index is 1.53. The highest BCUT2D eigenvalue weighted by Crippen LogP contribution is 2.31. The van der Waals surface area contributed by atoms with Gasteiger partial charge in [-0.05, 0) is 25.1 Å². The van der Waals surface area contributed by atoms with Crippen LogP contribution in [0.3, 0.4) is 0 Å². The van der Waals surface area contributed by atoms with Crippen LogP contribution in [-0.4, -0.2) is 21.0 Å². The van der Waals surface area contributed by atoms with Crippen molar-refractivity contribution in [1.82, 2.24) is 15.1 Å². The number of halogens is 2. The van der Waals surface area contributed by atoms with E-state index in [1.165, 1.54) is 24.5 Å². The van der Waals surface area contributed by atoms with Crippen molar-refractivity contribution < 1.29 is 18.4 Å². The van der Waals surface area contributed by atoms with Crippen molar-refractivity contribution in [2.45, 2.75) is 6.92 Å². The van der Waals surface area contributed by atoms with Crippen LogP contribution < -0.4 is 10.1 Å². The summed E-state index contributed by atoms with van der Waals surface area (Å²) in [6.45, 7) is 1.63. The minimum atomic E-state index is -0.534. The van der Waals surface area contributed by atoms with Crippen LogP contribution in [0.2, 0.25) is 5.02 Å². The molecule has 0 saturated carbocycles. The smallest absolute Gasteiger partial charge is 0.322 e. The van der Waals surface area contributed by atoms with Gasteiger partial charge in [0, 0.05) is 5.56 Å². The molecule has 150 valence electrons. The lowest BCUT2D eigenvalue weighted by molar-refractivity contribution is 0.102. The number of carbonyl (C=O) groups excluding carboxylic acids is 1. The van der Waals surface area contributed by atoms with E-state index in [2.05, 4.69) is 20.4 Å². The molecular formula is C21H14ClFN4O3. The molecule has 4 aromatic rings. The fourth-order valence-electron chi connectivity index (χ4n) is 2.73. The lowest BCUT2D eigenvalue weighted by Crippen LogP contribution is -2.14. The van der Waals surface area contributed by atoms with E-state index in [0.717, 1.165) is 0 Å². The molecule has 30 heavy (non-hydrogen) atoms. The molecule has 4 rings (SSSR count). The molecule has 0 unspecified atom stereocenters. The largest absolute Gasteiger partial charge is 0.421 e. The van der Waals surface area contributed by atoms with Crippen molar-refractivity contribution in [2.75, 3.05) is 5.32 Å². The van der Waals surface area contributed by atoms with Gasteiger partial charge in [-0.1, -0.05) is 47.1 Å². The molecule has 0 spiro atoms. The number of nitrogens with zero attached hydrogens (tertiary/aromatic N) is 3. The van der Waals surface area contributed by atoms with Crippen molar-refractivity contribution in [2.24, 2.45) is 0 Å². The maximum atomic E-state index is 13.7. The van der Waals surface area contributed by atoms with Crippen molar-refractivity contribution >= 4 is 23.2 Å². The predicted octanol–water partition coefficient (Wildman–Crippen LogP) is 5.28. The number of nitrogens with one attached hydrogen (secondary N) is 1. The zero-order valence-corrected chi connectivity index (χ0v) is 16.4. The van der Waals surface area contributed by atoms with E-state index < -0.39 is 11.7 Å². The number of anilines is 1. The molecule has 0 aliphatic heterocycles. The van der Waals surface area contributed by atoms with Crippen molar-refractivity contribution in [3.63, 3.8) is 0 Å². The zero-order chi connectivity index (χ0) is 21.1. The number of amides is 1. The summed E-state index contributed by atoms with van der Waals surface area (Å²) < 4.78 is 24.2. The number of hydrogen-bond acceptors (Lipinski definition) is 6. The summed E-state index contributed by atoms with van der Waals surface area (Å²) in [5, 5.41) is 7.09. The van der Waals surface area contributed by atoms with E-state index in [1.54, 1.807) is 43.3 Å². The first kappa shape index (κ1) is 19.5. The third kappa shape index (κ3) is 3.99. The van der Waals surface area contributed by atoms with Crippen LogP contribution in [-0.2, 0) is 0 Å². The Morgan fingerprint density at radius 3 is 2.53 bits per heavy atom. The van der Waals surface area contributed by atoms with Crippen LogP contribution in [0.25, 0.3) is 11.3 Å². The SMILES string of the molecule is Cc1onc(-c2ccccc2Cl)c1C(=O)Nc1cnc(Oc2ccccc2F)nc1. The molecule has 0 saturated heterocycles. The van der Waals surface area contributed by atoms with Gasteiger partial charge in [0.2, 0.25) is 0 Å². The molecule has 2 aromatic carbocycles. The molecule has 2 aromatic heterocycles. The monoisotopic (exact) mass is 424 g/mol. The van der Waals surface area contributed by atoms with Crippen LogP contribution in [0.15, 0.2) is 65.4 Å². The lowest BCUT2D eigenvalue weighted by atomic mass is 10.1. The average molecular weight is 425 g/mol. The Bertz CT molecular complexity index is 1210. The van der Waals surface area contributed by atoms with Gasteiger partial charge in [-0.15, -0.1) is 0 Å². The van der Waals surface area contributed by atoms with Crippen LogP contribution in [0, 0.1) is 12.7 Å². The summed E-state index contributed by atoms with van der Waals surface area (Å²) in [6.07, 6.45) is 2.69. The van der Waals surface area contributed by atoms with Gasteiger partial charge >= 0.3 is 6.01 Å². The first-order valence-electron chi connectivity index (χ1n) is 8.80. The number of rotatable bonds is 5. The molecule has 1 N–H and O–H groups in total. The summed E-state index contributed by atoms with van der Waals surface area (Å²) >= 11 is 6.23. The van der Waals surface area contributed by atoms with Crippen LogP contribution in [0.1, 0.15) is 16.1 Å². The molecule has 0 atom stereocenters. The number of hydrogen-bond donors (Lipinski definition) is 1. The Kier molecular flexibility index (Phi) is 5.40.